The molecule has 1 N–H and O–H groups in total. The molecule has 2 amide bonds. The van der Waals surface area contributed by atoms with Crippen molar-refractivity contribution in [2.75, 3.05) is 16.8 Å². The average Bonchev–Trinajstić information content (AvgIpc) is 3.03. The molecule has 0 aromatic heterocycles. The van der Waals surface area contributed by atoms with E-state index in [0.29, 0.717) is 29.4 Å². The van der Waals surface area contributed by atoms with Crippen molar-refractivity contribution in [3.8, 4) is 0 Å². The summed E-state index contributed by atoms with van der Waals surface area (Å²) in [6, 6.07) is 21.3. The zero-order chi connectivity index (χ0) is 23.4. The molecule has 3 aromatic carbocycles. The highest BCUT2D eigenvalue weighted by Crippen LogP contribution is 2.28. The van der Waals surface area contributed by atoms with Crippen molar-refractivity contribution in [2.24, 2.45) is 0 Å². The Labute approximate surface area is 201 Å². The van der Waals surface area contributed by atoms with E-state index in [2.05, 4.69) is 5.32 Å². The first-order chi connectivity index (χ1) is 15.9. The van der Waals surface area contributed by atoms with Crippen molar-refractivity contribution in [3.05, 3.63) is 95.3 Å². The van der Waals surface area contributed by atoms with E-state index < -0.39 is 11.9 Å². The number of rotatable bonds is 7. The van der Waals surface area contributed by atoms with E-state index in [9.17, 15) is 14.0 Å². The van der Waals surface area contributed by atoms with Crippen molar-refractivity contribution in [3.63, 3.8) is 0 Å². The largest absolute Gasteiger partial charge is 0.336 e. The molecule has 1 aliphatic heterocycles. The van der Waals surface area contributed by atoms with Gasteiger partial charge in [0.15, 0.2) is 5.11 Å². The quantitative estimate of drug-likeness (QED) is 0.480. The topological polar surface area (TPSA) is 52.7 Å². The summed E-state index contributed by atoms with van der Waals surface area (Å²) < 4.78 is 13.4. The van der Waals surface area contributed by atoms with Crippen LogP contribution in [-0.4, -0.2) is 34.4 Å². The Balaban J connectivity index is 1.55. The number of carbonyl (C=O) groups excluding carboxylic acids is 2. The highest BCUT2D eigenvalue weighted by atomic mass is 35.5. The van der Waals surface area contributed by atoms with E-state index >= 15 is 0 Å². The Bertz CT molecular complexity index is 1160. The Morgan fingerprint density at radius 2 is 1.67 bits per heavy atom. The van der Waals surface area contributed by atoms with E-state index in [1.54, 1.807) is 29.2 Å². The second kappa shape index (κ2) is 10.1. The van der Waals surface area contributed by atoms with Gasteiger partial charge in [-0.05, 0) is 72.7 Å². The van der Waals surface area contributed by atoms with Gasteiger partial charge < -0.3 is 10.2 Å². The van der Waals surface area contributed by atoms with Gasteiger partial charge in [-0.3, -0.25) is 14.5 Å². The number of anilines is 2. The monoisotopic (exact) mass is 481 g/mol. The van der Waals surface area contributed by atoms with Crippen molar-refractivity contribution in [2.45, 2.75) is 18.9 Å². The lowest BCUT2D eigenvalue weighted by atomic mass is 10.1. The molecule has 168 valence electrons. The third-order valence-corrected chi connectivity index (χ3v) is 6.06. The summed E-state index contributed by atoms with van der Waals surface area (Å²) in [5.41, 5.74) is 2.15. The van der Waals surface area contributed by atoms with Crippen LogP contribution in [0.1, 0.15) is 12.0 Å². The summed E-state index contributed by atoms with van der Waals surface area (Å²) in [6.45, 7) is 0.438. The van der Waals surface area contributed by atoms with Crippen LogP contribution in [0.15, 0.2) is 78.9 Å². The van der Waals surface area contributed by atoms with Crippen LogP contribution < -0.4 is 10.2 Å². The number of thiocarbonyl (C=S) groups is 1. The molecule has 3 aromatic rings. The van der Waals surface area contributed by atoms with Gasteiger partial charge in [-0.2, -0.15) is 0 Å². The lowest BCUT2D eigenvalue weighted by Gasteiger charge is -2.24. The predicted octanol–water partition coefficient (Wildman–Crippen LogP) is 5.05. The molecule has 5 nitrogen and oxygen atoms in total. The molecule has 0 saturated carbocycles. The second-order valence-corrected chi connectivity index (χ2v) is 8.44. The molecule has 1 aliphatic rings. The summed E-state index contributed by atoms with van der Waals surface area (Å²) in [5, 5.41) is 3.76. The van der Waals surface area contributed by atoms with Gasteiger partial charge >= 0.3 is 0 Å². The van der Waals surface area contributed by atoms with Gasteiger partial charge in [0, 0.05) is 17.3 Å². The van der Waals surface area contributed by atoms with Crippen LogP contribution in [0.2, 0.25) is 5.02 Å². The maximum atomic E-state index is 13.4. The summed E-state index contributed by atoms with van der Waals surface area (Å²) in [5.74, 6) is -1.01. The number of carbonyl (C=O) groups is 2. The summed E-state index contributed by atoms with van der Waals surface area (Å²) in [6.07, 6.45) is 0.546. The molecule has 4 rings (SSSR count). The Hall–Kier alpha value is -3.29. The number of para-hydroxylation sites is 1. The Kier molecular flexibility index (Phi) is 7.01. The van der Waals surface area contributed by atoms with Gasteiger partial charge in [0.1, 0.15) is 11.9 Å². The molecule has 1 saturated heterocycles. The van der Waals surface area contributed by atoms with Crippen LogP contribution in [0, 0.1) is 5.82 Å². The highest BCUT2D eigenvalue weighted by Gasteiger charge is 2.43. The first-order valence-electron chi connectivity index (χ1n) is 10.4. The lowest BCUT2D eigenvalue weighted by Crippen LogP contribution is -2.39. The maximum absolute atomic E-state index is 13.4. The number of nitrogens with one attached hydrogen (secondary N) is 1. The summed E-state index contributed by atoms with van der Waals surface area (Å²) in [7, 11) is 0. The van der Waals surface area contributed by atoms with E-state index in [-0.39, 0.29) is 23.3 Å². The standard InChI is InChI=1S/C25H21ClFN3O2S/c26-18-8-6-17(7-9-18)14-15-29-22(16-23(31)28-20-4-2-1-3-5-20)24(32)30(25(29)33)21-12-10-19(27)11-13-21/h1-13,22H,14-16H2,(H,28,31). The minimum absolute atomic E-state index is 0.0633. The average molecular weight is 482 g/mol. The zero-order valence-corrected chi connectivity index (χ0v) is 19.2. The van der Waals surface area contributed by atoms with Crippen molar-refractivity contribution >= 4 is 52.1 Å². The first-order valence-corrected chi connectivity index (χ1v) is 11.2. The molecule has 1 fully saturated rings. The fraction of sp³-hybridized carbons (Fsp3) is 0.160. The third kappa shape index (κ3) is 5.38. The fourth-order valence-corrected chi connectivity index (χ4v) is 4.26. The van der Waals surface area contributed by atoms with Gasteiger partial charge in [0.2, 0.25) is 5.91 Å². The Morgan fingerprint density at radius 3 is 2.33 bits per heavy atom. The minimum Gasteiger partial charge on any atom is -0.336 e. The second-order valence-electron chi connectivity index (χ2n) is 7.64. The lowest BCUT2D eigenvalue weighted by molar-refractivity contribution is -0.124. The molecular formula is C25H21ClFN3O2S. The van der Waals surface area contributed by atoms with Crippen LogP contribution in [0.3, 0.4) is 0 Å². The molecule has 1 unspecified atom stereocenters. The van der Waals surface area contributed by atoms with Crippen LogP contribution >= 0.6 is 23.8 Å². The molecule has 1 heterocycles. The van der Waals surface area contributed by atoms with Crippen LogP contribution in [0.25, 0.3) is 0 Å². The summed E-state index contributed by atoms with van der Waals surface area (Å²) in [4.78, 5) is 29.2. The minimum atomic E-state index is -0.765. The number of hydrogen-bond donors (Lipinski definition) is 1. The van der Waals surface area contributed by atoms with Gasteiger partial charge in [0.05, 0.1) is 12.1 Å². The molecule has 0 bridgehead atoms. The van der Waals surface area contributed by atoms with E-state index in [4.69, 9.17) is 23.8 Å². The van der Waals surface area contributed by atoms with Gasteiger partial charge in [-0.15, -0.1) is 0 Å². The number of hydrogen-bond acceptors (Lipinski definition) is 3. The molecule has 33 heavy (non-hydrogen) atoms. The van der Waals surface area contributed by atoms with Crippen LogP contribution in [-0.2, 0) is 16.0 Å². The normalized spacial score (nSPS) is 15.8. The number of halogens is 2. The molecule has 1 atom stereocenters. The molecular weight excluding hydrogens is 461 g/mol. The first kappa shape index (κ1) is 22.9. The van der Waals surface area contributed by atoms with Crippen LogP contribution in [0.5, 0.6) is 0 Å². The smallest absolute Gasteiger partial charge is 0.256 e. The highest BCUT2D eigenvalue weighted by molar-refractivity contribution is 7.80. The SMILES string of the molecule is O=C(CC1C(=O)N(c2ccc(F)cc2)C(=S)N1CCc1ccc(Cl)cc1)Nc1ccccc1. The molecule has 0 radical (unpaired) electrons. The number of benzene rings is 3. The van der Waals surface area contributed by atoms with Gasteiger partial charge in [-0.25, -0.2) is 4.39 Å². The summed E-state index contributed by atoms with van der Waals surface area (Å²) >= 11 is 11.6. The van der Waals surface area contributed by atoms with Crippen molar-refractivity contribution in [1.29, 1.82) is 0 Å². The fourth-order valence-electron chi connectivity index (χ4n) is 3.72. The van der Waals surface area contributed by atoms with E-state index in [0.717, 1.165) is 5.56 Å². The maximum Gasteiger partial charge on any atom is 0.256 e. The van der Waals surface area contributed by atoms with E-state index in [1.165, 1.54) is 29.2 Å². The third-order valence-electron chi connectivity index (χ3n) is 5.39. The van der Waals surface area contributed by atoms with Crippen LogP contribution in [0.4, 0.5) is 15.8 Å². The number of amides is 2. The number of nitrogens with zero attached hydrogens (tertiary/aromatic N) is 2. The molecule has 0 spiro atoms. The zero-order valence-electron chi connectivity index (χ0n) is 17.6. The van der Waals surface area contributed by atoms with E-state index in [1.807, 2.05) is 30.3 Å². The molecule has 8 heteroatoms. The van der Waals surface area contributed by atoms with Crippen molar-refractivity contribution < 1.29 is 14.0 Å². The predicted molar refractivity (Wildman–Crippen MR) is 132 cm³/mol. The van der Waals surface area contributed by atoms with Gasteiger partial charge in [-0.1, -0.05) is 41.9 Å². The Morgan fingerprint density at radius 1 is 1.00 bits per heavy atom. The molecule has 0 aliphatic carbocycles. The van der Waals surface area contributed by atoms with Crippen molar-refractivity contribution in [1.82, 2.24) is 4.90 Å². The van der Waals surface area contributed by atoms with Gasteiger partial charge in [0.25, 0.3) is 5.91 Å².